The Morgan fingerprint density at radius 3 is 2.66 bits per heavy atom. The van der Waals surface area contributed by atoms with Gasteiger partial charge in [-0.15, -0.1) is 0 Å². The van der Waals surface area contributed by atoms with Gasteiger partial charge >= 0.3 is 12.0 Å². The fraction of sp³-hybridized carbons (Fsp3) is 0.400. The molecule has 32 heavy (non-hydrogen) atoms. The van der Waals surface area contributed by atoms with E-state index in [-0.39, 0.29) is 6.03 Å². The third-order valence-electron chi connectivity index (χ3n) is 4.99. The first-order valence-electron chi connectivity index (χ1n) is 11.1. The van der Waals surface area contributed by atoms with E-state index < -0.39 is 5.97 Å². The standard InChI is InChI=1S/C25H33N3O4/c1-4-6-7-8-9-15-26-25(31)28(3)21-12-10-11-19(16-21)22-17-23(32-5-2)20(18-27-22)13-14-24(29)30/h10-14,16-18H,4-9,15H2,1-3H3,(H,26,31)(H,29,30). The summed E-state index contributed by atoms with van der Waals surface area (Å²) < 4.78 is 5.67. The van der Waals surface area contributed by atoms with Crippen LogP contribution >= 0.6 is 0 Å². The van der Waals surface area contributed by atoms with Crippen LogP contribution in [0, 0.1) is 0 Å². The van der Waals surface area contributed by atoms with E-state index in [2.05, 4.69) is 17.2 Å². The highest BCUT2D eigenvalue weighted by Gasteiger charge is 2.12. The molecular weight excluding hydrogens is 406 g/mol. The number of hydrogen-bond donors (Lipinski definition) is 2. The highest BCUT2D eigenvalue weighted by Crippen LogP contribution is 2.28. The molecule has 0 aliphatic rings. The zero-order valence-corrected chi connectivity index (χ0v) is 19.1. The van der Waals surface area contributed by atoms with Crippen molar-refractivity contribution in [3.05, 3.63) is 48.2 Å². The molecule has 1 aromatic carbocycles. The normalized spacial score (nSPS) is 10.8. The Balaban J connectivity index is 2.11. The molecule has 2 rings (SSSR count). The molecule has 172 valence electrons. The Labute approximate surface area is 190 Å². The number of rotatable bonds is 12. The molecule has 0 unspecified atom stereocenters. The molecule has 0 saturated carbocycles. The second-order valence-corrected chi connectivity index (χ2v) is 7.47. The zero-order chi connectivity index (χ0) is 23.3. The van der Waals surface area contributed by atoms with Crippen LogP contribution in [0.5, 0.6) is 5.75 Å². The fourth-order valence-corrected chi connectivity index (χ4v) is 3.21. The van der Waals surface area contributed by atoms with Crippen LogP contribution in [0.25, 0.3) is 17.3 Å². The minimum Gasteiger partial charge on any atom is -0.493 e. The van der Waals surface area contributed by atoms with Crippen molar-refractivity contribution in [3.8, 4) is 17.0 Å². The molecule has 7 nitrogen and oxygen atoms in total. The predicted octanol–water partition coefficient (Wildman–Crippen LogP) is 5.36. The highest BCUT2D eigenvalue weighted by atomic mass is 16.5. The Bertz CT molecular complexity index is 927. The Morgan fingerprint density at radius 1 is 1.16 bits per heavy atom. The van der Waals surface area contributed by atoms with Crippen molar-refractivity contribution in [2.45, 2.75) is 46.0 Å². The number of benzene rings is 1. The largest absolute Gasteiger partial charge is 0.493 e. The minimum atomic E-state index is -1.04. The lowest BCUT2D eigenvalue weighted by molar-refractivity contribution is -0.131. The summed E-state index contributed by atoms with van der Waals surface area (Å²) >= 11 is 0. The summed E-state index contributed by atoms with van der Waals surface area (Å²) in [5, 5.41) is 11.8. The molecule has 0 aliphatic carbocycles. The molecule has 0 fully saturated rings. The van der Waals surface area contributed by atoms with Gasteiger partial charge in [-0.05, 0) is 31.6 Å². The Morgan fingerprint density at radius 2 is 1.94 bits per heavy atom. The number of amides is 2. The minimum absolute atomic E-state index is 0.144. The number of carboxylic acid groups (broad SMARTS) is 1. The lowest BCUT2D eigenvalue weighted by atomic mass is 10.1. The summed E-state index contributed by atoms with van der Waals surface area (Å²) in [5.41, 5.74) is 2.84. The van der Waals surface area contributed by atoms with Crippen LogP contribution in [-0.4, -0.2) is 42.3 Å². The number of pyridine rings is 1. The van der Waals surface area contributed by atoms with Gasteiger partial charge in [0.15, 0.2) is 0 Å². The average molecular weight is 440 g/mol. The van der Waals surface area contributed by atoms with Crippen molar-refractivity contribution < 1.29 is 19.4 Å². The average Bonchev–Trinajstić information content (AvgIpc) is 2.80. The number of carbonyl (C=O) groups is 2. The maximum atomic E-state index is 12.5. The zero-order valence-electron chi connectivity index (χ0n) is 19.1. The van der Waals surface area contributed by atoms with E-state index in [4.69, 9.17) is 9.84 Å². The van der Waals surface area contributed by atoms with E-state index >= 15 is 0 Å². The second-order valence-electron chi connectivity index (χ2n) is 7.47. The van der Waals surface area contributed by atoms with E-state index in [1.807, 2.05) is 31.2 Å². The number of urea groups is 1. The van der Waals surface area contributed by atoms with E-state index in [1.54, 1.807) is 24.2 Å². The van der Waals surface area contributed by atoms with E-state index in [0.717, 1.165) is 30.2 Å². The third kappa shape index (κ3) is 7.72. The first-order chi connectivity index (χ1) is 15.5. The molecule has 0 aliphatic heterocycles. The van der Waals surface area contributed by atoms with Crippen molar-refractivity contribution in [1.29, 1.82) is 0 Å². The van der Waals surface area contributed by atoms with Crippen molar-refractivity contribution in [3.63, 3.8) is 0 Å². The maximum absolute atomic E-state index is 12.5. The number of aliphatic carboxylic acids is 1. The molecule has 1 aromatic heterocycles. The summed E-state index contributed by atoms with van der Waals surface area (Å²) in [6, 6.07) is 9.19. The van der Waals surface area contributed by atoms with Crippen molar-refractivity contribution >= 4 is 23.8 Å². The van der Waals surface area contributed by atoms with Gasteiger partial charge in [0, 0.05) is 48.7 Å². The summed E-state index contributed by atoms with van der Waals surface area (Å²) in [4.78, 5) is 29.4. The molecule has 0 saturated heterocycles. The van der Waals surface area contributed by atoms with Crippen LogP contribution in [0.15, 0.2) is 42.6 Å². The molecule has 7 heteroatoms. The van der Waals surface area contributed by atoms with Gasteiger partial charge in [-0.2, -0.15) is 0 Å². The number of unbranched alkanes of at least 4 members (excludes halogenated alkanes) is 4. The van der Waals surface area contributed by atoms with Crippen molar-refractivity contribution in [2.24, 2.45) is 0 Å². The van der Waals surface area contributed by atoms with Gasteiger partial charge in [0.25, 0.3) is 0 Å². The molecule has 2 amide bonds. The summed E-state index contributed by atoms with van der Waals surface area (Å²) in [6.07, 6.45) is 9.83. The molecular formula is C25H33N3O4. The summed E-state index contributed by atoms with van der Waals surface area (Å²) in [5.74, 6) is -0.485. The van der Waals surface area contributed by atoms with Crippen molar-refractivity contribution in [2.75, 3.05) is 25.1 Å². The van der Waals surface area contributed by atoms with Gasteiger partial charge < -0.3 is 15.2 Å². The van der Waals surface area contributed by atoms with E-state index in [9.17, 15) is 9.59 Å². The molecule has 2 aromatic rings. The summed E-state index contributed by atoms with van der Waals surface area (Å²) in [7, 11) is 1.74. The monoisotopic (exact) mass is 439 g/mol. The van der Waals surface area contributed by atoms with E-state index in [0.29, 0.717) is 30.2 Å². The molecule has 2 N–H and O–H groups in total. The third-order valence-corrected chi connectivity index (χ3v) is 4.99. The van der Waals surface area contributed by atoms with Gasteiger partial charge in [0.05, 0.1) is 12.3 Å². The molecule has 1 heterocycles. The number of ether oxygens (including phenoxy) is 1. The lowest BCUT2D eigenvalue weighted by Gasteiger charge is -2.19. The Kier molecular flexibility index (Phi) is 10.2. The van der Waals surface area contributed by atoms with Crippen LogP contribution < -0.4 is 15.0 Å². The van der Waals surface area contributed by atoms with Gasteiger partial charge in [0.2, 0.25) is 0 Å². The predicted molar refractivity (Wildman–Crippen MR) is 128 cm³/mol. The van der Waals surface area contributed by atoms with E-state index in [1.165, 1.54) is 25.3 Å². The topological polar surface area (TPSA) is 91.8 Å². The van der Waals surface area contributed by atoms with Crippen LogP contribution in [0.1, 0.15) is 51.5 Å². The molecule has 0 radical (unpaired) electrons. The number of nitrogens with one attached hydrogen (secondary N) is 1. The van der Waals surface area contributed by atoms with Gasteiger partial charge in [-0.25, -0.2) is 9.59 Å². The number of carbonyl (C=O) groups excluding carboxylic acids is 1. The van der Waals surface area contributed by atoms with Crippen LogP contribution in [-0.2, 0) is 4.79 Å². The first kappa shape index (κ1) is 24.9. The Hall–Kier alpha value is -3.35. The van der Waals surface area contributed by atoms with Crippen LogP contribution in [0.2, 0.25) is 0 Å². The quantitative estimate of drug-likeness (QED) is 0.343. The smallest absolute Gasteiger partial charge is 0.328 e. The fourth-order valence-electron chi connectivity index (χ4n) is 3.21. The number of nitrogens with zero attached hydrogens (tertiary/aromatic N) is 2. The van der Waals surface area contributed by atoms with Gasteiger partial charge in [0.1, 0.15) is 5.75 Å². The van der Waals surface area contributed by atoms with Crippen LogP contribution in [0.4, 0.5) is 10.5 Å². The highest BCUT2D eigenvalue weighted by molar-refractivity contribution is 5.92. The van der Waals surface area contributed by atoms with Crippen molar-refractivity contribution in [1.82, 2.24) is 10.3 Å². The number of aromatic nitrogens is 1. The SMILES string of the molecule is CCCCCCCNC(=O)N(C)c1cccc(-c2cc(OCC)c(C=CC(=O)O)cn2)c1. The first-order valence-corrected chi connectivity index (χ1v) is 11.1. The summed E-state index contributed by atoms with van der Waals surface area (Å²) in [6.45, 7) is 5.15. The number of carboxylic acids is 1. The lowest BCUT2D eigenvalue weighted by Crippen LogP contribution is -2.37. The number of hydrogen-bond acceptors (Lipinski definition) is 4. The molecule has 0 atom stereocenters. The maximum Gasteiger partial charge on any atom is 0.328 e. The molecule has 0 bridgehead atoms. The van der Waals surface area contributed by atoms with Crippen LogP contribution in [0.3, 0.4) is 0 Å². The number of anilines is 1. The van der Waals surface area contributed by atoms with Gasteiger partial charge in [-0.1, -0.05) is 44.7 Å². The van der Waals surface area contributed by atoms with Gasteiger partial charge in [-0.3, -0.25) is 9.88 Å². The molecule has 0 spiro atoms. The second kappa shape index (κ2) is 13.1.